The highest BCUT2D eigenvalue weighted by atomic mass is 32.2. The molecule has 140 valence electrons. The molecule has 0 aliphatic heterocycles. The predicted molar refractivity (Wildman–Crippen MR) is 117 cm³/mol. The van der Waals surface area contributed by atoms with E-state index in [4.69, 9.17) is 4.98 Å². The molecule has 0 bridgehead atoms. The molecule has 0 atom stereocenters. The predicted octanol–water partition coefficient (Wildman–Crippen LogP) is 6.11. The lowest BCUT2D eigenvalue weighted by molar-refractivity contribution is 0.783. The molecule has 0 amide bonds. The van der Waals surface area contributed by atoms with Crippen LogP contribution >= 0.6 is 23.5 Å². The molecule has 0 spiro atoms. The van der Waals surface area contributed by atoms with Crippen molar-refractivity contribution in [2.45, 2.75) is 43.4 Å². The van der Waals surface area contributed by atoms with Gasteiger partial charge in [-0.05, 0) is 62.1 Å². The summed E-state index contributed by atoms with van der Waals surface area (Å²) < 4.78 is 0. The first-order valence-corrected chi connectivity index (χ1v) is 11.3. The van der Waals surface area contributed by atoms with Crippen LogP contribution in [0.15, 0.2) is 46.7 Å². The Morgan fingerprint density at radius 2 is 1.37 bits per heavy atom. The number of hydrogen-bond acceptors (Lipinski definition) is 4. The van der Waals surface area contributed by atoms with Gasteiger partial charge in [-0.15, -0.1) is 0 Å². The summed E-state index contributed by atoms with van der Waals surface area (Å²) in [6.45, 7) is 4.28. The van der Waals surface area contributed by atoms with Gasteiger partial charge in [-0.2, -0.15) is 0 Å². The highest BCUT2D eigenvalue weighted by Crippen LogP contribution is 2.24. The Bertz CT molecular complexity index is 979. The topological polar surface area (TPSA) is 57.4 Å². The Hall–Kier alpha value is -1.92. The van der Waals surface area contributed by atoms with E-state index < -0.39 is 0 Å². The van der Waals surface area contributed by atoms with E-state index in [1.54, 1.807) is 0 Å². The number of hydrogen-bond donors (Lipinski definition) is 2. The van der Waals surface area contributed by atoms with Crippen LogP contribution in [0.1, 0.15) is 30.4 Å². The largest absolute Gasteiger partial charge is 0.333 e. The van der Waals surface area contributed by atoms with Crippen LogP contribution < -0.4 is 0 Å². The minimum atomic E-state index is 1.03. The number of fused-ring (bicyclic) bond motifs is 2. The fraction of sp³-hybridized carbons (Fsp3) is 0.333. The van der Waals surface area contributed by atoms with Crippen molar-refractivity contribution in [2.75, 3.05) is 11.5 Å². The molecule has 2 N–H and O–H groups in total. The smallest absolute Gasteiger partial charge is 0.166 e. The monoisotopic (exact) mass is 396 g/mol. The van der Waals surface area contributed by atoms with Crippen molar-refractivity contribution in [3.63, 3.8) is 0 Å². The minimum absolute atomic E-state index is 1.03. The summed E-state index contributed by atoms with van der Waals surface area (Å²) in [5.74, 6) is 2.21. The first kappa shape index (κ1) is 18.4. The molecule has 6 heteroatoms. The van der Waals surface area contributed by atoms with Crippen molar-refractivity contribution in [3.8, 4) is 0 Å². The summed E-state index contributed by atoms with van der Waals surface area (Å²) in [5, 5.41) is 2.06. The van der Waals surface area contributed by atoms with Gasteiger partial charge in [-0.1, -0.05) is 42.1 Å². The normalized spacial score (nSPS) is 11.6. The molecule has 2 aromatic carbocycles. The van der Waals surface area contributed by atoms with Gasteiger partial charge in [-0.3, -0.25) is 0 Å². The van der Waals surface area contributed by atoms with Crippen LogP contribution in [-0.2, 0) is 0 Å². The first-order chi connectivity index (χ1) is 13.2. The number of nitrogens with one attached hydrogen (secondary N) is 2. The zero-order valence-corrected chi connectivity index (χ0v) is 17.3. The van der Waals surface area contributed by atoms with Gasteiger partial charge in [0.2, 0.25) is 0 Å². The third-order valence-corrected chi connectivity index (χ3v) is 6.63. The number of nitrogens with zero attached hydrogens (tertiary/aromatic N) is 2. The molecule has 0 aliphatic rings. The van der Waals surface area contributed by atoms with Crippen LogP contribution in [-0.4, -0.2) is 31.4 Å². The molecular weight excluding hydrogens is 372 g/mol. The second-order valence-corrected chi connectivity index (χ2v) is 8.98. The highest BCUT2D eigenvalue weighted by Gasteiger charge is 2.06. The van der Waals surface area contributed by atoms with E-state index in [2.05, 4.69) is 47.0 Å². The van der Waals surface area contributed by atoms with Crippen molar-refractivity contribution in [3.05, 3.63) is 47.5 Å². The Kier molecular flexibility index (Phi) is 5.74. The fourth-order valence-electron chi connectivity index (χ4n) is 3.03. The van der Waals surface area contributed by atoms with E-state index in [-0.39, 0.29) is 0 Å². The zero-order chi connectivity index (χ0) is 18.6. The molecule has 4 rings (SSSR count). The van der Waals surface area contributed by atoms with Crippen LogP contribution in [0, 0.1) is 13.8 Å². The second-order valence-electron chi connectivity index (χ2n) is 6.81. The Morgan fingerprint density at radius 3 is 2.11 bits per heavy atom. The second kappa shape index (κ2) is 8.40. The lowest BCUT2D eigenvalue weighted by atomic mass is 10.1. The summed E-state index contributed by atoms with van der Waals surface area (Å²) in [7, 11) is 0. The number of aryl methyl sites for hydroxylation is 2. The van der Waals surface area contributed by atoms with Crippen LogP contribution in [0.3, 0.4) is 0 Å². The number of benzene rings is 2. The molecule has 4 aromatic rings. The van der Waals surface area contributed by atoms with Crippen molar-refractivity contribution >= 4 is 45.6 Å². The Morgan fingerprint density at radius 1 is 0.741 bits per heavy atom. The molecule has 4 nitrogen and oxygen atoms in total. The van der Waals surface area contributed by atoms with Crippen molar-refractivity contribution in [1.82, 2.24) is 19.9 Å². The molecule has 0 saturated heterocycles. The van der Waals surface area contributed by atoms with Crippen LogP contribution in [0.2, 0.25) is 0 Å². The molecule has 2 heterocycles. The minimum Gasteiger partial charge on any atom is -0.333 e. The standard InChI is InChI=1S/C21H24N4S2/c1-14-12-18-19(13-15(14)2)25-21(24-18)27-11-7-3-6-10-26-20-22-16-8-4-5-9-17(16)23-20/h4-5,8-9,12-13H,3,6-7,10-11H2,1-2H3,(H,22,23)(H,24,25). The van der Waals surface area contributed by atoms with E-state index in [1.165, 1.54) is 30.4 Å². The maximum Gasteiger partial charge on any atom is 0.166 e. The van der Waals surface area contributed by atoms with E-state index in [0.717, 1.165) is 43.9 Å². The van der Waals surface area contributed by atoms with Gasteiger partial charge in [0.15, 0.2) is 10.3 Å². The molecule has 0 radical (unpaired) electrons. The van der Waals surface area contributed by atoms with Gasteiger partial charge in [0.25, 0.3) is 0 Å². The summed E-state index contributed by atoms with van der Waals surface area (Å²) in [4.78, 5) is 16.1. The molecular formula is C21H24N4S2. The average Bonchev–Trinajstić information content (AvgIpc) is 3.24. The van der Waals surface area contributed by atoms with Gasteiger partial charge in [-0.25, -0.2) is 9.97 Å². The number of aromatic nitrogens is 4. The zero-order valence-electron chi connectivity index (χ0n) is 15.7. The quantitative estimate of drug-likeness (QED) is 0.279. The van der Waals surface area contributed by atoms with Gasteiger partial charge < -0.3 is 9.97 Å². The Labute approximate surface area is 168 Å². The van der Waals surface area contributed by atoms with E-state index in [1.807, 2.05) is 41.7 Å². The summed E-state index contributed by atoms with van der Waals surface area (Å²) in [6, 6.07) is 12.5. The molecule has 0 unspecified atom stereocenters. The van der Waals surface area contributed by atoms with Crippen molar-refractivity contribution < 1.29 is 0 Å². The Balaban J connectivity index is 1.17. The van der Waals surface area contributed by atoms with Crippen molar-refractivity contribution in [2.24, 2.45) is 0 Å². The van der Waals surface area contributed by atoms with Gasteiger partial charge in [0, 0.05) is 11.5 Å². The summed E-state index contributed by atoms with van der Waals surface area (Å²) in [6.07, 6.45) is 3.65. The molecule has 27 heavy (non-hydrogen) atoms. The number of thioether (sulfide) groups is 2. The third kappa shape index (κ3) is 4.50. The maximum atomic E-state index is 4.70. The molecule has 0 saturated carbocycles. The maximum absolute atomic E-state index is 4.70. The number of para-hydroxylation sites is 2. The van der Waals surface area contributed by atoms with Crippen LogP contribution in [0.4, 0.5) is 0 Å². The highest BCUT2D eigenvalue weighted by molar-refractivity contribution is 7.99. The summed E-state index contributed by atoms with van der Waals surface area (Å²) in [5.41, 5.74) is 6.99. The number of imidazole rings is 2. The molecule has 0 fully saturated rings. The average molecular weight is 397 g/mol. The van der Waals surface area contributed by atoms with E-state index >= 15 is 0 Å². The number of unbranched alkanes of at least 4 members (excludes halogenated alkanes) is 2. The number of rotatable bonds is 8. The fourth-order valence-corrected chi connectivity index (χ4v) is 4.80. The summed E-state index contributed by atoms with van der Waals surface area (Å²) >= 11 is 3.64. The number of aromatic amines is 2. The van der Waals surface area contributed by atoms with Gasteiger partial charge >= 0.3 is 0 Å². The number of H-pyrrole nitrogens is 2. The molecule has 2 aromatic heterocycles. The first-order valence-electron chi connectivity index (χ1n) is 9.36. The molecule has 0 aliphatic carbocycles. The van der Waals surface area contributed by atoms with E-state index in [0.29, 0.717) is 0 Å². The van der Waals surface area contributed by atoms with E-state index in [9.17, 15) is 0 Å². The SMILES string of the molecule is Cc1cc2nc(SCCCCCSc3nc4ccccc4[nH]3)[nH]c2cc1C. The van der Waals surface area contributed by atoms with Crippen molar-refractivity contribution in [1.29, 1.82) is 0 Å². The lowest BCUT2D eigenvalue weighted by Crippen LogP contribution is -1.86. The van der Waals surface area contributed by atoms with Crippen LogP contribution in [0.25, 0.3) is 22.1 Å². The third-order valence-electron chi connectivity index (χ3n) is 4.71. The van der Waals surface area contributed by atoms with Gasteiger partial charge in [0.05, 0.1) is 22.1 Å². The lowest BCUT2D eigenvalue weighted by Gasteiger charge is -1.99. The van der Waals surface area contributed by atoms with Crippen LogP contribution in [0.5, 0.6) is 0 Å². The van der Waals surface area contributed by atoms with Gasteiger partial charge in [0.1, 0.15) is 0 Å².